The predicted molar refractivity (Wildman–Crippen MR) is 271 cm³/mol. The van der Waals surface area contributed by atoms with Crippen molar-refractivity contribution in [3.05, 3.63) is 0 Å². The van der Waals surface area contributed by atoms with Crippen LogP contribution in [0.2, 0.25) is 0 Å². The fourth-order valence-electron chi connectivity index (χ4n) is 9.57. The van der Waals surface area contributed by atoms with E-state index >= 15 is 0 Å². The second-order valence-electron chi connectivity index (χ2n) is 19.9. The molecule has 0 aliphatic heterocycles. The van der Waals surface area contributed by atoms with E-state index in [1.165, 1.54) is 231 Å². The van der Waals surface area contributed by atoms with Crippen LogP contribution in [0, 0.1) is 5.92 Å². The minimum Gasteiger partial charge on any atom is -0.368 e. The molecule has 0 spiro atoms. The largest absolute Gasteiger partial charge is 0.368 e. The van der Waals surface area contributed by atoms with Gasteiger partial charge in [-0.25, -0.2) is 0 Å². The van der Waals surface area contributed by atoms with E-state index in [1.807, 2.05) is 0 Å². The van der Waals surface area contributed by atoms with Crippen molar-refractivity contribution in [2.75, 3.05) is 7.05 Å². The summed E-state index contributed by atoms with van der Waals surface area (Å²) in [6.07, 6.45) is 57.0. The van der Waals surface area contributed by atoms with Crippen molar-refractivity contribution in [3.63, 3.8) is 0 Å². The molecule has 0 aliphatic rings. The molecule has 0 saturated heterocycles. The number of nitrogens with one attached hydrogen (secondary N) is 1. The van der Waals surface area contributed by atoms with Crippen molar-refractivity contribution < 1.29 is 19.5 Å². The molecule has 0 aromatic rings. The van der Waals surface area contributed by atoms with Gasteiger partial charge in [0.2, 0.25) is 0 Å². The van der Waals surface area contributed by atoms with Crippen LogP contribution >= 0.6 is 0 Å². The normalized spacial score (nSPS) is 12.7. The lowest BCUT2D eigenvalue weighted by molar-refractivity contribution is -0.160. The van der Waals surface area contributed by atoms with Crippen LogP contribution in [-0.2, 0) is 14.4 Å². The highest BCUT2D eigenvalue weighted by Crippen LogP contribution is 2.27. The summed E-state index contributed by atoms with van der Waals surface area (Å²) in [4.78, 5) is 41.3. The molecule has 62 heavy (non-hydrogen) atoms. The lowest BCUT2D eigenvalue weighted by atomic mass is 9.80. The summed E-state index contributed by atoms with van der Waals surface area (Å²) in [5.41, 5.74) is -2.12. The molecular weight excluding hydrogens is 763 g/mol. The van der Waals surface area contributed by atoms with E-state index in [9.17, 15) is 19.5 Å². The van der Waals surface area contributed by atoms with Crippen molar-refractivity contribution in [2.45, 2.75) is 335 Å². The molecule has 0 fully saturated rings. The maximum atomic E-state index is 13.8. The number of ketones is 3. The van der Waals surface area contributed by atoms with Gasteiger partial charge in [0.25, 0.3) is 0 Å². The predicted octanol–water partition coefficient (Wildman–Crippen LogP) is 18.0. The molecule has 0 bridgehead atoms. The molecule has 0 aromatic carbocycles. The Morgan fingerprint density at radius 2 is 0.500 bits per heavy atom. The number of carbonyl (C=O) groups excluding carboxylic acids is 3. The zero-order valence-corrected chi connectivity index (χ0v) is 42.7. The Labute approximate surface area is 388 Å². The first kappa shape index (κ1) is 60.9. The van der Waals surface area contributed by atoms with Crippen molar-refractivity contribution >= 4 is 17.3 Å². The first-order valence-corrected chi connectivity index (χ1v) is 28.4. The molecule has 0 rings (SSSR count). The molecule has 1 atom stereocenters. The summed E-state index contributed by atoms with van der Waals surface area (Å²) in [7, 11) is 1.54. The molecule has 1 unspecified atom stereocenters. The van der Waals surface area contributed by atoms with Gasteiger partial charge in [-0.05, 0) is 26.3 Å². The molecule has 0 aromatic heterocycles. The van der Waals surface area contributed by atoms with Crippen molar-refractivity contribution in [1.82, 2.24) is 5.32 Å². The summed E-state index contributed by atoms with van der Waals surface area (Å²) in [5.74, 6) is -2.22. The third-order valence-electron chi connectivity index (χ3n) is 13.9. The van der Waals surface area contributed by atoms with Gasteiger partial charge < -0.3 is 5.11 Å². The van der Waals surface area contributed by atoms with Gasteiger partial charge in [0.15, 0.2) is 11.5 Å². The van der Waals surface area contributed by atoms with Gasteiger partial charge in [0.05, 0.1) is 0 Å². The van der Waals surface area contributed by atoms with Gasteiger partial charge in [-0.1, -0.05) is 290 Å². The van der Waals surface area contributed by atoms with E-state index in [0.717, 1.165) is 38.5 Å². The smallest absolute Gasteiger partial charge is 0.192 e. The number of hydrogen-bond donors (Lipinski definition) is 2. The summed E-state index contributed by atoms with van der Waals surface area (Å²) in [6, 6.07) is 0. The van der Waals surface area contributed by atoms with Crippen LogP contribution in [0.3, 0.4) is 0 Å². The maximum Gasteiger partial charge on any atom is 0.192 e. The van der Waals surface area contributed by atoms with E-state index in [-0.39, 0.29) is 30.8 Å². The Bertz CT molecular complexity index is 920. The van der Waals surface area contributed by atoms with E-state index in [0.29, 0.717) is 19.3 Å². The SMILES string of the molecule is CCCCCCCCCCCCCCCCCC(=O)C(C(=O)CCCCCCCCCCCCCCCCC)C(O)(NC)C(=O)CCCCCCCCCCCCCCCCC. The van der Waals surface area contributed by atoms with Gasteiger partial charge in [-0.3, -0.25) is 19.7 Å². The number of unbranched alkanes of at least 4 members (excludes halogenated alkanes) is 42. The van der Waals surface area contributed by atoms with E-state index < -0.39 is 17.4 Å². The second kappa shape index (κ2) is 47.9. The standard InChI is InChI=1S/C57H111NO4/c1-5-8-11-14-17-20-23-26-29-32-35-38-41-44-47-50-53(59)56(54(60)51-48-45-42-39-36-33-30-27-24-21-18-15-12-9-6-2)57(62,58-4)55(61)52-49-46-43-40-37-34-31-28-25-22-19-16-13-10-7-3/h56,58,62H,5-52H2,1-4H3. The fraction of sp³-hybridized carbons (Fsp3) is 0.947. The minimum absolute atomic E-state index is 0.199. The highest BCUT2D eigenvalue weighted by Gasteiger charge is 2.49. The Morgan fingerprint density at radius 3 is 0.694 bits per heavy atom. The summed E-state index contributed by atoms with van der Waals surface area (Å²) in [6.45, 7) is 6.82. The Balaban J connectivity index is 4.72. The first-order chi connectivity index (χ1) is 30.4. The molecule has 368 valence electrons. The maximum absolute atomic E-state index is 13.8. The van der Waals surface area contributed by atoms with Crippen LogP contribution in [0.5, 0.6) is 0 Å². The molecule has 2 N–H and O–H groups in total. The van der Waals surface area contributed by atoms with Crippen LogP contribution in [0.4, 0.5) is 0 Å². The highest BCUT2D eigenvalue weighted by molar-refractivity contribution is 6.08. The van der Waals surface area contributed by atoms with E-state index in [2.05, 4.69) is 26.1 Å². The molecule has 0 radical (unpaired) electrons. The van der Waals surface area contributed by atoms with Gasteiger partial charge >= 0.3 is 0 Å². The van der Waals surface area contributed by atoms with Crippen LogP contribution in [0.25, 0.3) is 0 Å². The van der Waals surface area contributed by atoms with Crippen molar-refractivity contribution in [2.24, 2.45) is 5.92 Å². The van der Waals surface area contributed by atoms with Crippen LogP contribution in [0.15, 0.2) is 0 Å². The number of likely N-dealkylation sites (N-methyl/N-ethyl adjacent to an activating group) is 1. The van der Waals surface area contributed by atoms with Crippen molar-refractivity contribution in [1.29, 1.82) is 0 Å². The van der Waals surface area contributed by atoms with Gasteiger partial charge in [-0.2, -0.15) is 0 Å². The van der Waals surface area contributed by atoms with Crippen LogP contribution in [0.1, 0.15) is 329 Å². The van der Waals surface area contributed by atoms with Gasteiger partial charge in [0, 0.05) is 19.3 Å². The van der Waals surface area contributed by atoms with Crippen LogP contribution in [-0.4, -0.2) is 35.2 Å². The average Bonchev–Trinajstić information content (AvgIpc) is 3.27. The Morgan fingerprint density at radius 1 is 0.323 bits per heavy atom. The lowest BCUT2D eigenvalue weighted by Gasteiger charge is -2.33. The number of aliphatic hydroxyl groups is 1. The lowest BCUT2D eigenvalue weighted by Crippen LogP contribution is -2.60. The number of Topliss-reactive ketones (excluding diaryl/α,β-unsaturated/α-hetero) is 3. The number of rotatable bonds is 53. The van der Waals surface area contributed by atoms with E-state index in [1.54, 1.807) is 7.05 Å². The number of hydrogen-bond acceptors (Lipinski definition) is 5. The molecule has 0 heterocycles. The quantitative estimate of drug-likeness (QED) is 0.0361. The van der Waals surface area contributed by atoms with E-state index in [4.69, 9.17) is 0 Å². The first-order valence-electron chi connectivity index (χ1n) is 28.4. The van der Waals surface area contributed by atoms with Crippen molar-refractivity contribution in [3.8, 4) is 0 Å². The highest BCUT2D eigenvalue weighted by atomic mass is 16.3. The monoisotopic (exact) mass is 874 g/mol. The third kappa shape index (κ3) is 37.2. The summed E-state index contributed by atoms with van der Waals surface area (Å²) in [5, 5.41) is 14.7. The molecule has 0 saturated carbocycles. The minimum atomic E-state index is -2.12. The van der Waals surface area contributed by atoms with Gasteiger partial charge in [0.1, 0.15) is 17.5 Å². The average molecular weight is 875 g/mol. The molecule has 0 aliphatic carbocycles. The molecule has 5 nitrogen and oxygen atoms in total. The topological polar surface area (TPSA) is 83.5 Å². The van der Waals surface area contributed by atoms with Gasteiger partial charge in [-0.15, -0.1) is 0 Å². The summed E-state index contributed by atoms with van der Waals surface area (Å²) >= 11 is 0. The molecule has 0 amide bonds. The fourth-order valence-corrected chi connectivity index (χ4v) is 9.57. The third-order valence-corrected chi connectivity index (χ3v) is 13.9. The zero-order chi connectivity index (χ0) is 45.5. The molecular formula is C57H111NO4. The number of carbonyl (C=O) groups is 3. The Hall–Kier alpha value is -1.07. The zero-order valence-electron chi connectivity index (χ0n) is 42.7. The molecule has 5 heteroatoms. The van der Waals surface area contributed by atoms with Crippen LogP contribution < -0.4 is 5.32 Å². The Kier molecular flexibility index (Phi) is 47.1. The second-order valence-corrected chi connectivity index (χ2v) is 19.9. The summed E-state index contributed by atoms with van der Waals surface area (Å²) < 4.78 is 0.